The van der Waals surface area contributed by atoms with Crippen molar-refractivity contribution in [3.05, 3.63) is 99.4 Å². The van der Waals surface area contributed by atoms with Gasteiger partial charge in [-0.1, -0.05) is 24.4 Å². The number of nitro groups is 1. The van der Waals surface area contributed by atoms with Crippen molar-refractivity contribution >= 4 is 40.0 Å². The first kappa shape index (κ1) is 21.1. The fourth-order valence-electron chi connectivity index (χ4n) is 3.01. The molecule has 0 radical (unpaired) electrons. The number of aromatic nitrogens is 1. The number of thiocarbonyl (C=S) groups is 1. The number of anilines is 1. The molecule has 0 amide bonds. The molecule has 0 saturated carbocycles. The minimum atomic E-state index is -0.479. The number of non-ortho nitro benzene ring substituents is 1. The lowest BCUT2D eigenvalue weighted by atomic mass is 10.1. The van der Waals surface area contributed by atoms with Crippen LogP contribution in [0.15, 0.2) is 67.0 Å². The van der Waals surface area contributed by atoms with E-state index >= 15 is 0 Å². The van der Waals surface area contributed by atoms with Gasteiger partial charge >= 0.3 is 0 Å². The molecule has 3 rings (SSSR count). The zero-order chi connectivity index (χ0) is 21.8. The molecule has 6 nitrogen and oxygen atoms in total. The maximum atomic E-state index is 11.1. The highest BCUT2D eigenvalue weighted by Crippen LogP contribution is 2.23. The molecule has 0 atom stereocenters. The quantitative estimate of drug-likeness (QED) is 0.149. The van der Waals surface area contributed by atoms with E-state index in [0.717, 1.165) is 22.4 Å². The lowest BCUT2D eigenvalue weighted by Gasteiger charge is -2.13. The van der Waals surface area contributed by atoms with Gasteiger partial charge in [-0.15, -0.1) is 0 Å². The van der Waals surface area contributed by atoms with Crippen molar-refractivity contribution < 1.29 is 14.6 Å². The molecule has 0 aliphatic rings. The van der Waals surface area contributed by atoms with Gasteiger partial charge in [0, 0.05) is 35.0 Å². The van der Waals surface area contributed by atoms with Gasteiger partial charge in [0.15, 0.2) is 23.1 Å². The second-order valence-corrected chi connectivity index (χ2v) is 7.47. The Labute approximate surface area is 180 Å². The summed E-state index contributed by atoms with van der Waals surface area (Å²) in [5, 5.41) is 25.3. The number of aryl methyl sites for hydroxylation is 3. The number of aliphatic hydroxyl groups is 1. The molecule has 2 N–H and O–H groups in total. The molecule has 152 valence electrons. The third-order valence-electron chi connectivity index (χ3n) is 4.64. The van der Waals surface area contributed by atoms with Crippen molar-refractivity contribution in [2.24, 2.45) is 0 Å². The Hall–Kier alpha value is -3.58. The summed E-state index contributed by atoms with van der Waals surface area (Å²) in [5.41, 5.74) is 4.69. The Morgan fingerprint density at radius 1 is 1.07 bits per heavy atom. The van der Waals surface area contributed by atoms with Crippen LogP contribution in [0.1, 0.15) is 22.3 Å². The molecule has 0 bridgehead atoms. The molecular weight excluding hydrogens is 398 g/mol. The lowest BCUT2D eigenvalue weighted by Crippen LogP contribution is -2.38. The zero-order valence-corrected chi connectivity index (χ0v) is 17.7. The highest BCUT2D eigenvalue weighted by molar-refractivity contribution is 7.81. The van der Waals surface area contributed by atoms with E-state index in [4.69, 9.17) is 12.2 Å². The van der Waals surface area contributed by atoms with Crippen molar-refractivity contribution in [2.45, 2.75) is 20.8 Å². The van der Waals surface area contributed by atoms with Crippen LogP contribution in [0.5, 0.6) is 0 Å². The van der Waals surface area contributed by atoms with Crippen molar-refractivity contribution in [3.8, 4) is 0 Å². The van der Waals surface area contributed by atoms with Crippen LogP contribution in [0.2, 0.25) is 0 Å². The third-order valence-corrected chi connectivity index (χ3v) is 4.93. The molecule has 1 aromatic heterocycles. The van der Waals surface area contributed by atoms with Gasteiger partial charge in [0.25, 0.3) is 11.4 Å². The normalized spacial score (nSPS) is 11.6. The minimum Gasteiger partial charge on any atom is -0.502 e. The predicted octanol–water partition coefficient (Wildman–Crippen LogP) is 5.13. The van der Waals surface area contributed by atoms with Gasteiger partial charge in [-0.25, -0.2) is 0 Å². The Bertz CT molecular complexity index is 1150. The topological polar surface area (TPSA) is 79.3 Å². The molecule has 1 heterocycles. The Balaban J connectivity index is 2.10. The van der Waals surface area contributed by atoms with Gasteiger partial charge in [-0.05, 0) is 56.2 Å². The van der Waals surface area contributed by atoms with Crippen molar-refractivity contribution in [2.75, 3.05) is 5.32 Å². The fraction of sp³-hybridized carbons (Fsp3) is 0.130. The molecule has 3 aromatic rings. The van der Waals surface area contributed by atoms with Gasteiger partial charge in [0.1, 0.15) is 0 Å². The molecule has 0 saturated heterocycles. The van der Waals surface area contributed by atoms with Gasteiger partial charge < -0.3 is 10.4 Å². The summed E-state index contributed by atoms with van der Waals surface area (Å²) in [6.07, 6.45) is 3.65. The highest BCUT2D eigenvalue weighted by atomic mass is 32.1. The molecule has 0 spiro atoms. The largest absolute Gasteiger partial charge is 0.502 e. The van der Waals surface area contributed by atoms with Crippen molar-refractivity contribution in [3.63, 3.8) is 0 Å². The molecule has 7 heteroatoms. The number of nitrogens with zero attached hydrogens (tertiary/aromatic N) is 2. The lowest BCUT2D eigenvalue weighted by molar-refractivity contribution is -0.576. The first-order valence-corrected chi connectivity index (χ1v) is 9.72. The van der Waals surface area contributed by atoms with Gasteiger partial charge in [-0.3, -0.25) is 10.1 Å². The summed E-state index contributed by atoms with van der Waals surface area (Å²) >= 11 is 5.67. The van der Waals surface area contributed by atoms with Gasteiger partial charge in [-0.2, -0.15) is 4.57 Å². The van der Waals surface area contributed by atoms with Crippen LogP contribution in [-0.4, -0.2) is 15.0 Å². The van der Waals surface area contributed by atoms with E-state index in [1.807, 2.05) is 57.3 Å². The van der Waals surface area contributed by atoms with Crippen LogP contribution in [-0.2, 0) is 0 Å². The number of aliphatic hydroxyl groups excluding tert-OH is 1. The first-order valence-electron chi connectivity index (χ1n) is 9.31. The predicted molar refractivity (Wildman–Crippen MR) is 122 cm³/mol. The van der Waals surface area contributed by atoms with Crippen molar-refractivity contribution in [1.29, 1.82) is 0 Å². The molecular formula is C23H22N3O3S+. The molecule has 0 fully saturated rings. The Morgan fingerprint density at radius 3 is 2.40 bits per heavy atom. The van der Waals surface area contributed by atoms with Crippen LogP contribution in [0.4, 0.5) is 11.4 Å². The average molecular weight is 421 g/mol. The third kappa shape index (κ3) is 4.69. The second kappa shape index (κ2) is 8.84. The maximum Gasteiger partial charge on any atom is 0.288 e. The fourth-order valence-corrected chi connectivity index (χ4v) is 3.32. The summed E-state index contributed by atoms with van der Waals surface area (Å²) < 4.78 is 1.74. The SMILES string of the molecule is Cc1ccc(C)c(NC(=S)C(=C(O)c2ccc([N+](=O)[O-])cc2)[n+]2cccc(C)c2)c1. The number of nitrogens with one attached hydrogen (secondary N) is 1. The molecule has 0 aliphatic heterocycles. The van der Waals surface area contributed by atoms with Gasteiger partial charge in [0.05, 0.1) is 4.92 Å². The number of benzene rings is 2. The number of pyridine rings is 1. The molecule has 0 unspecified atom stereocenters. The van der Waals surface area contributed by atoms with E-state index in [0.29, 0.717) is 16.2 Å². The summed E-state index contributed by atoms with van der Waals surface area (Å²) in [7, 11) is 0. The zero-order valence-electron chi connectivity index (χ0n) is 16.9. The standard InChI is InChI=1S/C23H21N3O3S/c1-15-6-7-17(3)20(13-15)24-23(30)21(25-12-4-5-16(2)14-25)22(27)18-8-10-19(11-9-18)26(28)29/h4-14H,1-3H3,(H-,24,27,30)/p+1. The van der Waals surface area contributed by atoms with Crippen LogP contribution in [0.25, 0.3) is 11.5 Å². The van der Waals surface area contributed by atoms with E-state index in [2.05, 4.69) is 5.32 Å². The average Bonchev–Trinajstić information content (AvgIpc) is 2.71. The summed E-state index contributed by atoms with van der Waals surface area (Å²) in [5.74, 6) is -0.0803. The van der Waals surface area contributed by atoms with Crippen LogP contribution < -0.4 is 9.88 Å². The van der Waals surface area contributed by atoms with Gasteiger partial charge in [0.2, 0.25) is 0 Å². The van der Waals surface area contributed by atoms with E-state index in [1.54, 1.807) is 10.8 Å². The maximum absolute atomic E-state index is 11.1. The highest BCUT2D eigenvalue weighted by Gasteiger charge is 2.25. The van der Waals surface area contributed by atoms with E-state index < -0.39 is 4.92 Å². The van der Waals surface area contributed by atoms with E-state index in [9.17, 15) is 15.2 Å². The van der Waals surface area contributed by atoms with Crippen LogP contribution >= 0.6 is 12.2 Å². The Morgan fingerprint density at radius 2 is 1.77 bits per heavy atom. The summed E-state index contributed by atoms with van der Waals surface area (Å²) in [6, 6.07) is 15.5. The smallest absolute Gasteiger partial charge is 0.288 e. The molecule has 30 heavy (non-hydrogen) atoms. The Kier molecular flexibility index (Phi) is 6.23. The first-order chi connectivity index (χ1) is 14.3. The minimum absolute atomic E-state index is 0.0487. The van der Waals surface area contributed by atoms with E-state index in [1.165, 1.54) is 24.3 Å². The number of hydrogen-bond donors (Lipinski definition) is 2. The second-order valence-electron chi connectivity index (χ2n) is 7.06. The number of rotatable bonds is 5. The number of hydrogen-bond acceptors (Lipinski definition) is 4. The summed E-state index contributed by atoms with van der Waals surface area (Å²) in [4.78, 5) is 10.8. The molecule has 2 aromatic carbocycles. The van der Waals surface area contributed by atoms with Crippen molar-refractivity contribution in [1.82, 2.24) is 0 Å². The van der Waals surface area contributed by atoms with Crippen LogP contribution in [0, 0.1) is 30.9 Å². The van der Waals surface area contributed by atoms with E-state index in [-0.39, 0.29) is 11.4 Å². The number of nitro benzene ring substituents is 1. The van der Waals surface area contributed by atoms with Crippen LogP contribution in [0.3, 0.4) is 0 Å². The monoisotopic (exact) mass is 420 g/mol. The summed E-state index contributed by atoms with van der Waals surface area (Å²) in [6.45, 7) is 5.91. The molecule has 0 aliphatic carbocycles.